The van der Waals surface area contributed by atoms with Gasteiger partial charge in [0.1, 0.15) is 24.7 Å². The van der Waals surface area contributed by atoms with Gasteiger partial charge in [-0.3, -0.25) is 0 Å². The third kappa shape index (κ3) is 5.76. The lowest BCUT2D eigenvalue weighted by Gasteiger charge is -2.41. The highest BCUT2D eigenvalue weighted by Gasteiger charge is 2.42. The molecule has 0 aliphatic heterocycles. The molecule has 0 amide bonds. The van der Waals surface area contributed by atoms with E-state index in [1.54, 1.807) is 0 Å². The molecule has 0 radical (unpaired) electrons. The van der Waals surface area contributed by atoms with Crippen LogP contribution >= 0.6 is 0 Å². The smallest absolute Gasteiger partial charge is 0.142 e. The second kappa shape index (κ2) is 9.99. The summed E-state index contributed by atoms with van der Waals surface area (Å²) in [6.45, 7) is 9.97. The zero-order valence-corrected chi connectivity index (χ0v) is 19.7. The maximum atomic E-state index is 6.37. The van der Waals surface area contributed by atoms with Crippen molar-refractivity contribution in [3.8, 4) is 11.5 Å². The predicted octanol–water partition coefficient (Wildman–Crippen LogP) is 6.32. The molecule has 32 heavy (non-hydrogen) atoms. The van der Waals surface area contributed by atoms with Gasteiger partial charge in [-0.1, -0.05) is 82.3 Å². The molecule has 3 aromatic rings. The number of nitrogen functional groups attached to an aromatic ring is 2. The summed E-state index contributed by atoms with van der Waals surface area (Å²) in [5, 5.41) is 0. The molecular formula is C28H36N2O2. The Morgan fingerprint density at radius 1 is 0.688 bits per heavy atom. The maximum Gasteiger partial charge on any atom is 0.142 e. The second-order valence-corrected chi connectivity index (χ2v) is 9.84. The fraction of sp³-hybridized carbons (Fsp3) is 0.357. The molecule has 0 heterocycles. The summed E-state index contributed by atoms with van der Waals surface area (Å²) in [6.07, 6.45) is 1.00. The fourth-order valence-electron chi connectivity index (χ4n) is 4.30. The lowest BCUT2D eigenvalue weighted by molar-refractivity contribution is 0.0782. The third-order valence-corrected chi connectivity index (χ3v) is 6.02. The Bertz CT molecular complexity index is 946. The van der Waals surface area contributed by atoms with Gasteiger partial charge >= 0.3 is 0 Å². The first kappa shape index (κ1) is 23.5. The lowest BCUT2D eigenvalue weighted by Crippen LogP contribution is -2.46. The molecule has 170 valence electrons. The molecular weight excluding hydrogens is 396 g/mol. The van der Waals surface area contributed by atoms with E-state index in [9.17, 15) is 0 Å². The standard InChI is InChI=1S/C28H36N2O2/c1-21(18-27(2,3)4)28(22-12-6-5-7-13-22,19-31-25-16-10-8-14-23(25)29)20-32-26-17-11-9-15-24(26)30/h5-17,21H,18-20,29-30H2,1-4H3. The van der Waals surface area contributed by atoms with Gasteiger partial charge in [0.2, 0.25) is 0 Å². The molecule has 0 spiro atoms. The molecule has 3 rings (SSSR count). The first-order valence-corrected chi connectivity index (χ1v) is 11.2. The van der Waals surface area contributed by atoms with E-state index in [4.69, 9.17) is 20.9 Å². The van der Waals surface area contributed by atoms with E-state index < -0.39 is 5.41 Å². The van der Waals surface area contributed by atoms with Crippen LogP contribution in [0, 0.1) is 11.3 Å². The molecule has 4 N–H and O–H groups in total. The number of hydrogen-bond acceptors (Lipinski definition) is 4. The van der Waals surface area contributed by atoms with Crippen molar-refractivity contribution in [2.45, 2.75) is 39.5 Å². The average molecular weight is 433 g/mol. The summed E-state index contributed by atoms with van der Waals surface area (Å²) in [5.41, 5.74) is 14.5. The summed E-state index contributed by atoms with van der Waals surface area (Å²) in [6, 6.07) is 25.8. The van der Waals surface area contributed by atoms with Crippen LogP contribution in [0.1, 0.15) is 39.7 Å². The van der Waals surface area contributed by atoms with Crippen LogP contribution in [0.15, 0.2) is 78.9 Å². The molecule has 0 aromatic heterocycles. The molecule has 0 fully saturated rings. The number of para-hydroxylation sites is 4. The van der Waals surface area contributed by atoms with E-state index in [1.165, 1.54) is 5.56 Å². The van der Waals surface area contributed by atoms with E-state index in [0.717, 1.165) is 6.42 Å². The van der Waals surface area contributed by atoms with E-state index in [0.29, 0.717) is 36.1 Å². The monoisotopic (exact) mass is 432 g/mol. The average Bonchev–Trinajstić information content (AvgIpc) is 2.75. The van der Waals surface area contributed by atoms with Gasteiger partial charge in [0.15, 0.2) is 0 Å². The van der Waals surface area contributed by atoms with Gasteiger partial charge in [0.25, 0.3) is 0 Å². The van der Waals surface area contributed by atoms with Gasteiger partial charge in [0.05, 0.1) is 16.8 Å². The molecule has 4 heteroatoms. The molecule has 3 aromatic carbocycles. The van der Waals surface area contributed by atoms with Crippen molar-refractivity contribution in [2.24, 2.45) is 11.3 Å². The highest BCUT2D eigenvalue weighted by molar-refractivity contribution is 5.53. The van der Waals surface area contributed by atoms with Crippen molar-refractivity contribution in [3.63, 3.8) is 0 Å². The molecule has 1 unspecified atom stereocenters. The van der Waals surface area contributed by atoms with Crippen LogP contribution in [-0.2, 0) is 5.41 Å². The second-order valence-electron chi connectivity index (χ2n) is 9.84. The number of nitrogens with two attached hydrogens (primary N) is 2. The predicted molar refractivity (Wildman–Crippen MR) is 134 cm³/mol. The van der Waals surface area contributed by atoms with Crippen molar-refractivity contribution < 1.29 is 9.47 Å². The minimum atomic E-state index is -0.404. The Kier molecular flexibility index (Phi) is 7.34. The van der Waals surface area contributed by atoms with Crippen LogP contribution < -0.4 is 20.9 Å². The normalized spacial score (nSPS) is 12.9. The molecule has 0 bridgehead atoms. The summed E-state index contributed by atoms with van der Waals surface area (Å²) in [5.74, 6) is 1.64. The minimum Gasteiger partial charge on any atom is -0.490 e. The molecule has 4 nitrogen and oxygen atoms in total. The Morgan fingerprint density at radius 2 is 1.12 bits per heavy atom. The molecule has 1 atom stereocenters. The van der Waals surface area contributed by atoms with Gasteiger partial charge in [-0.25, -0.2) is 0 Å². The molecule has 0 saturated heterocycles. The van der Waals surface area contributed by atoms with Crippen LogP contribution in [0.2, 0.25) is 0 Å². The maximum absolute atomic E-state index is 6.37. The van der Waals surface area contributed by atoms with E-state index in [-0.39, 0.29) is 11.3 Å². The Hall–Kier alpha value is -3.14. The highest BCUT2D eigenvalue weighted by atomic mass is 16.5. The summed E-state index contributed by atoms with van der Waals surface area (Å²) in [7, 11) is 0. The fourth-order valence-corrected chi connectivity index (χ4v) is 4.30. The van der Waals surface area contributed by atoms with Crippen LogP contribution in [0.3, 0.4) is 0 Å². The van der Waals surface area contributed by atoms with Crippen LogP contribution in [0.4, 0.5) is 11.4 Å². The van der Waals surface area contributed by atoms with E-state index >= 15 is 0 Å². The first-order valence-electron chi connectivity index (χ1n) is 11.2. The zero-order valence-electron chi connectivity index (χ0n) is 19.7. The number of benzene rings is 3. The van der Waals surface area contributed by atoms with Gasteiger partial charge in [0, 0.05) is 0 Å². The van der Waals surface area contributed by atoms with Crippen molar-refractivity contribution in [2.75, 3.05) is 24.7 Å². The summed E-state index contributed by atoms with van der Waals surface area (Å²) in [4.78, 5) is 0. The first-order chi connectivity index (χ1) is 15.2. The van der Waals surface area contributed by atoms with Gasteiger partial charge in [-0.05, 0) is 47.6 Å². The van der Waals surface area contributed by atoms with Crippen LogP contribution in [-0.4, -0.2) is 13.2 Å². The van der Waals surface area contributed by atoms with E-state index in [1.807, 2.05) is 54.6 Å². The Morgan fingerprint density at radius 3 is 1.56 bits per heavy atom. The van der Waals surface area contributed by atoms with Crippen LogP contribution in [0.5, 0.6) is 11.5 Å². The lowest BCUT2D eigenvalue weighted by atomic mass is 9.67. The van der Waals surface area contributed by atoms with Gasteiger partial charge < -0.3 is 20.9 Å². The van der Waals surface area contributed by atoms with Crippen molar-refractivity contribution >= 4 is 11.4 Å². The van der Waals surface area contributed by atoms with E-state index in [2.05, 4.69) is 52.0 Å². The molecule has 0 aliphatic rings. The largest absolute Gasteiger partial charge is 0.490 e. The van der Waals surface area contributed by atoms with Crippen molar-refractivity contribution in [1.82, 2.24) is 0 Å². The quantitative estimate of drug-likeness (QED) is 0.388. The number of anilines is 2. The minimum absolute atomic E-state index is 0.150. The Labute approximate surface area is 192 Å². The highest BCUT2D eigenvalue weighted by Crippen LogP contribution is 2.41. The number of rotatable bonds is 9. The van der Waals surface area contributed by atoms with Crippen molar-refractivity contribution in [1.29, 1.82) is 0 Å². The van der Waals surface area contributed by atoms with Gasteiger partial charge in [-0.15, -0.1) is 0 Å². The number of ether oxygens (including phenoxy) is 2. The van der Waals surface area contributed by atoms with Crippen molar-refractivity contribution in [3.05, 3.63) is 84.4 Å². The molecule has 0 saturated carbocycles. The molecule has 0 aliphatic carbocycles. The van der Waals surface area contributed by atoms with Gasteiger partial charge in [-0.2, -0.15) is 0 Å². The topological polar surface area (TPSA) is 70.5 Å². The summed E-state index contributed by atoms with van der Waals surface area (Å²) >= 11 is 0. The zero-order chi connectivity index (χ0) is 23.2. The third-order valence-electron chi connectivity index (χ3n) is 6.02. The van der Waals surface area contributed by atoms with Crippen LogP contribution in [0.25, 0.3) is 0 Å². The number of hydrogen-bond donors (Lipinski definition) is 2. The summed E-state index contributed by atoms with van der Waals surface area (Å²) < 4.78 is 12.7. The Balaban J connectivity index is 2.01. The SMILES string of the molecule is CC(CC(C)(C)C)C(COc1ccccc1N)(COc1ccccc1N)c1ccccc1.